The number of fused-ring (bicyclic) bond motifs is 1. The van der Waals surface area contributed by atoms with Crippen LogP contribution in [0.15, 0.2) is 66.7 Å². The summed E-state index contributed by atoms with van der Waals surface area (Å²) in [7, 11) is -4.30. The van der Waals surface area contributed by atoms with Gasteiger partial charge < -0.3 is 9.79 Å². The molecule has 0 saturated heterocycles. The van der Waals surface area contributed by atoms with Crippen molar-refractivity contribution in [2.24, 2.45) is 0 Å². The molecule has 3 aromatic rings. The summed E-state index contributed by atoms with van der Waals surface area (Å²) in [5, 5.41) is 2.10. The third-order valence-corrected chi connectivity index (χ3v) is 4.32. The quantitative estimate of drug-likeness (QED) is 0.710. The Morgan fingerprint density at radius 3 is 2.10 bits per heavy atom. The zero-order chi connectivity index (χ0) is 14.2. The number of rotatable bonds is 2. The number of hydrogen-bond acceptors (Lipinski definition) is 1. The molecule has 0 aliphatic heterocycles. The van der Waals surface area contributed by atoms with Crippen LogP contribution >= 0.6 is 7.60 Å². The molecule has 2 N–H and O–H groups in total. The second kappa shape index (κ2) is 4.88. The van der Waals surface area contributed by atoms with Crippen LogP contribution in [-0.4, -0.2) is 9.79 Å². The highest BCUT2D eigenvalue weighted by Crippen LogP contribution is 2.39. The van der Waals surface area contributed by atoms with Gasteiger partial charge in [-0.1, -0.05) is 60.7 Å². The maximum atomic E-state index is 11.7. The molecule has 100 valence electrons. The minimum absolute atomic E-state index is 0.0661. The predicted octanol–water partition coefficient (Wildman–Crippen LogP) is 3.31. The fourth-order valence-corrected chi connectivity index (χ4v) is 3.20. The normalized spacial score (nSPS) is 11.7. The number of benzene rings is 3. The van der Waals surface area contributed by atoms with Crippen LogP contribution < -0.4 is 5.30 Å². The van der Waals surface area contributed by atoms with Crippen molar-refractivity contribution in [3.05, 3.63) is 66.7 Å². The van der Waals surface area contributed by atoms with Gasteiger partial charge in [0.25, 0.3) is 0 Å². The molecule has 0 amide bonds. The summed E-state index contributed by atoms with van der Waals surface area (Å²) in [5.41, 5.74) is 1.42. The fraction of sp³-hybridized carbons (Fsp3) is 0. The van der Waals surface area contributed by atoms with Gasteiger partial charge in [-0.05, 0) is 28.0 Å². The Hall–Kier alpha value is -1.93. The van der Waals surface area contributed by atoms with Crippen molar-refractivity contribution in [2.75, 3.05) is 0 Å². The average molecular weight is 284 g/mol. The van der Waals surface area contributed by atoms with Crippen LogP contribution in [-0.2, 0) is 4.57 Å². The van der Waals surface area contributed by atoms with Crippen LogP contribution in [0.1, 0.15) is 0 Å². The molecule has 3 nitrogen and oxygen atoms in total. The lowest BCUT2D eigenvalue weighted by atomic mass is 9.98. The third-order valence-electron chi connectivity index (χ3n) is 3.30. The van der Waals surface area contributed by atoms with Crippen molar-refractivity contribution in [2.45, 2.75) is 0 Å². The molecule has 0 radical (unpaired) electrons. The first-order valence-corrected chi connectivity index (χ1v) is 7.82. The van der Waals surface area contributed by atoms with Crippen molar-refractivity contribution in [1.82, 2.24) is 0 Å². The molecule has 3 aromatic carbocycles. The summed E-state index contributed by atoms with van der Waals surface area (Å²) in [6, 6.07) is 20.2. The SMILES string of the molecule is O=P(O)(O)c1ccccc1-c1cccc2ccccc12. The van der Waals surface area contributed by atoms with E-state index in [1.807, 2.05) is 42.5 Å². The first-order chi connectivity index (χ1) is 9.57. The van der Waals surface area contributed by atoms with E-state index in [0.717, 1.165) is 16.3 Å². The van der Waals surface area contributed by atoms with Crippen molar-refractivity contribution in [3.63, 3.8) is 0 Å². The van der Waals surface area contributed by atoms with Crippen LogP contribution in [0.5, 0.6) is 0 Å². The molecule has 0 aliphatic rings. The van der Waals surface area contributed by atoms with Crippen LogP contribution in [0, 0.1) is 0 Å². The van der Waals surface area contributed by atoms with E-state index in [9.17, 15) is 14.4 Å². The van der Waals surface area contributed by atoms with Gasteiger partial charge in [0.05, 0.1) is 5.30 Å². The summed E-state index contributed by atoms with van der Waals surface area (Å²) in [6.45, 7) is 0. The molecule has 0 unspecified atom stereocenters. The van der Waals surface area contributed by atoms with Gasteiger partial charge in [0, 0.05) is 0 Å². The van der Waals surface area contributed by atoms with Gasteiger partial charge in [-0.2, -0.15) is 0 Å². The van der Waals surface area contributed by atoms with E-state index in [1.54, 1.807) is 18.2 Å². The maximum absolute atomic E-state index is 11.7. The lowest BCUT2D eigenvalue weighted by Crippen LogP contribution is -2.07. The number of hydrogen-bond donors (Lipinski definition) is 2. The molecule has 0 bridgehead atoms. The van der Waals surface area contributed by atoms with E-state index in [0.29, 0.717) is 5.56 Å². The van der Waals surface area contributed by atoms with Crippen LogP contribution in [0.3, 0.4) is 0 Å². The first kappa shape index (κ1) is 13.1. The summed E-state index contributed by atoms with van der Waals surface area (Å²) in [5.74, 6) is 0. The summed E-state index contributed by atoms with van der Waals surface area (Å²) < 4.78 is 11.7. The van der Waals surface area contributed by atoms with Crippen LogP contribution in [0.25, 0.3) is 21.9 Å². The lowest BCUT2D eigenvalue weighted by molar-refractivity contribution is 0.387. The van der Waals surface area contributed by atoms with Gasteiger partial charge in [-0.3, -0.25) is 4.57 Å². The molecule has 4 heteroatoms. The third kappa shape index (κ3) is 2.27. The largest absolute Gasteiger partial charge is 0.356 e. The van der Waals surface area contributed by atoms with E-state index in [-0.39, 0.29) is 5.30 Å². The molecule has 0 atom stereocenters. The average Bonchev–Trinajstić information content (AvgIpc) is 2.46. The Bertz CT molecular complexity index is 815. The van der Waals surface area contributed by atoms with Gasteiger partial charge >= 0.3 is 7.60 Å². The molecule has 0 fully saturated rings. The van der Waals surface area contributed by atoms with Gasteiger partial charge in [0.1, 0.15) is 0 Å². The Morgan fingerprint density at radius 1 is 0.700 bits per heavy atom. The predicted molar refractivity (Wildman–Crippen MR) is 81.1 cm³/mol. The molecule has 0 spiro atoms. The highest BCUT2D eigenvalue weighted by molar-refractivity contribution is 7.60. The molecular formula is C16H13O3P. The molecule has 3 rings (SSSR count). The van der Waals surface area contributed by atoms with E-state index in [4.69, 9.17) is 0 Å². The van der Waals surface area contributed by atoms with Gasteiger partial charge in [-0.25, -0.2) is 0 Å². The molecular weight excluding hydrogens is 271 g/mol. The zero-order valence-corrected chi connectivity index (χ0v) is 11.5. The van der Waals surface area contributed by atoms with Gasteiger partial charge in [0.2, 0.25) is 0 Å². The van der Waals surface area contributed by atoms with E-state index < -0.39 is 7.60 Å². The highest BCUT2D eigenvalue weighted by atomic mass is 31.2. The van der Waals surface area contributed by atoms with E-state index in [2.05, 4.69) is 0 Å². The summed E-state index contributed by atoms with van der Waals surface area (Å²) >= 11 is 0. The molecule has 0 aliphatic carbocycles. The Kier molecular flexibility index (Phi) is 3.19. The standard InChI is InChI=1S/C16H13O3P/c17-20(18,19)16-11-4-3-9-15(16)14-10-5-7-12-6-1-2-8-13(12)14/h1-11H,(H2,17,18,19). The fourth-order valence-electron chi connectivity index (χ4n) is 2.42. The molecule has 0 aromatic heterocycles. The topological polar surface area (TPSA) is 57.5 Å². The maximum Gasteiger partial charge on any atom is 0.356 e. The summed E-state index contributed by atoms with van der Waals surface area (Å²) in [6.07, 6.45) is 0. The van der Waals surface area contributed by atoms with Crippen LogP contribution in [0.4, 0.5) is 0 Å². The minimum atomic E-state index is -4.30. The lowest BCUT2D eigenvalue weighted by Gasteiger charge is -2.13. The van der Waals surface area contributed by atoms with Gasteiger partial charge in [-0.15, -0.1) is 0 Å². The minimum Gasteiger partial charge on any atom is -0.321 e. The van der Waals surface area contributed by atoms with Gasteiger partial charge in [0.15, 0.2) is 0 Å². The Balaban J connectivity index is 2.35. The molecule has 0 heterocycles. The van der Waals surface area contributed by atoms with Crippen molar-refractivity contribution in [3.8, 4) is 11.1 Å². The first-order valence-electron chi connectivity index (χ1n) is 6.20. The van der Waals surface area contributed by atoms with Crippen molar-refractivity contribution < 1.29 is 14.4 Å². The zero-order valence-electron chi connectivity index (χ0n) is 10.6. The second-order valence-electron chi connectivity index (χ2n) is 4.59. The second-order valence-corrected chi connectivity index (χ2v) is 6.16. The Labute approximate surface area is 116 Å². The summed E-state index contributed by atoms with van der Waals surface area (Å²) in [4.78, 5) is 19.0. The monoisotopic (exact) mass is 284 g/mol. The van der Waals surface area contributed by atoms with E-state index >= 15 is 0 Å². The molecule has 20 heavy (non-hydrogen) atoms. The Morgan fingerprint density at radius 2 is 1.30 bits per heavy atom. The van der Waals surface area contributed by atoms with E-state index in [1.165, 1.54) is 6.07 Å². The van der Waals surface area contributed by atoms with Crippen molar-refractivity contribution >= 4 is 23.7 Å². The molecule has 0 saturated carbocycles. The van der Waals surface area contributed by atoms with Crippen molar-refractivity contribution in [1.29, 1.82) is 0 Å². The highest BCUT2D eigenvalue weighted by Gasteiger charge is 2.22. The van der Waals surface area contributed by atoms with Crippen LogP contribution in [0.2, 0.25) is 0 Å². The smallest absolute Gasteiger partial charge is 0.321 e.